The van der Waals surface area contributed by atoms with Crippen molar-refractivity contribution in [2.45, 2.75) is 45.6 Å². The summed E-state index contributed by atoms with van der Waals surface area (Å²) in [4.78, 5) is 36.5. The van der Waals surface area contributed by atoms with Crippen LogP contribution in [-0.2, 0) is 45.6 Å². The number of hydrogen-bond donors (Lipinski definition) is 3. The van der Waals surface area contributed by atoms with Crippen molar-refractivity contribution < 1.29 is 54.9 Å². The van der Waals surface area contributed by atoms with Gasteiger partial charge in [-0.1, -0.05) is 127 Å². The van der Waals surface area contributed by atoms with Crippen LogP contribution in [0.5, 0.6) is 17.2 Å². The molecule has 0 saturated heterocycles. The number of amides is 3. The maximum Gasteiger partial charge on any atom is 0.416 e. The Labute approximate surface area is 463 Å². The van der Waals surface area contributed by atoms with Crippen LogP contribution in [0.25, 0.3) is 0 Å². The quantitative estimate of drug-likeness (QED) is 0.0738. The van der Waals surface area contributed by atoms with E-state index in [-0.39, 0.29) is 42.6 Å². The maximum absolute atomic E-state index is 13.4. The molecule has 16 heteroatoms. The lowest BCUT2D eigenvalue weighted by Crippen LogP contribution is -2.22. The Morgan fingerprint density at radius 3 is 1.02 bits per heavy atom. The molecule has 9 aromatic carbocycles. The molecule has 0 aliphatic carbocycles. The molecule has 9 aromatic rings. The zero-order chi connectivity index (χ0) is 56.7. The van der Waals surface area contributed by atoms with Gasteiger partial charge in [0.15, 0.2) is 11.6 Å². The van der Waals surface area contributed by atoms with Gasteiger partial charge < -0.3 is 30.2 Å². The van der Waals surface area contributed by atoms with Crippen LogP contribution < -0.4 is 30.2 Å². The smallest absolute Gasteiger partial charge is 0.416 e. The fourth-order valence-electron chi connectivity index (χ4n) is 7.30. The van der Waals surface area contributed by atoms with Crippen molar-refractivity contribution >= 4 is 29.3 Å². The molecule has 0 unspecified atom stereocenters. The van der Waals surface area contributed by atoms with E-state index >= 15 is 0 Å². The number of carbonyl (C=O) groups is 3. The number of rotatable bonds is 18. The van der Waals surface area contributed by atoms with E-state index in [4.69, 9.17) is 25.8 Å². The van der Waals surface area contributed by atoms with Gasteiger partial charge in [0, 0.05) is 36.3 Å². The first kappa shape index (κ1) is 58.3. The lowest BCUT2D eigenvalue weighted by molar-refractivity contribution is -0.137. The summed E-state index contributed by atoms with van der Waals surface area (Å²) in [5.41, 5.74) is 5.75. The molecule has 0 aliphatic rings. The normalized spacial score (nSPS) is 10.6. The fourth-order valence-corrected chi connectivity index (χ4v) is 7.41. The third-order valence-electron chi connectivity index (χ3n) is 11.7. The van der Waals surface area contributed by atoms with E-state index in [9.17, 15) is 40.7 Å². The lowest BCUT2D eigenvalue weighted by atomic mass is 10.1. The number of hydrogen-bond acceptors (Lipinski definition) is 6. The first-order valence-corrected chi connectivity index (χ1v) is 25.2. The second-order valence-electron chi connectivity index (χ2n) is 17.6. The molecule has 0 aromatic heterocycles. The molecule has 0 spiro atoms. The highest BCUT2D eigenvalue weighted by Gasteiger charge is 2.30. The predicted molar refractivity (Wildman–Crippen MR) is 294 cm³/mol. The summed E-state index contributed by atoms with van der Waals surface area (Å²) in [6, 6.07) is 61.9. The third kappa shape index (κ3) is 19.0. The van der Waals surface area contributed by atoms with Crippen LogP contribution in [0.4, 0.5) is 26.3 Å². The van der Waals surface area contributed by atoms with Crippen LogP contribution >= 0.6 is 11.6 Å². The Balaban J connectivity index is 0.000000174. The molecule has 0 bridgehead atoms. The molecule has 0 aliphatic heterocycles. The molecule has 0 fully saturated rings. The summed E-state index contributed by atoms with van der Waals surface area (Å²) in [5.74, 6) is -1.14. The number of alkyl halides is 3. The Morgan fingerprint density at radius 1 is 0.362 bits per heavy atom. The van der Waals surface area contributed by atoms with Gasteiger partial charge in [0.1, 0.15) is 42.9 Å². The highest BCUT2D eigenvalue weighted by molar-refractivity contribution is 6.30. The minimum Gasteiger partial charge on any atom is -0.489 e. The summed E-state index contributed by atoms with van der Waals surface area (Å²) in [7, 11) is 0. The van der Waals surface area contributed by atoms with Gasteiger partial charge >= 0.3 is 6.18 Å². The molecular weight excluding hydrogens is 1060 g/mol. The van der Waals surface area contributed by atoms with E-state index in [0.717, 1.165) is 41.0 Å². The van der Waals surface area contributed by atoms with Gasteiger partial charge in [0.2, 0.25) is 0 Å². The van der Waals surface area contributed by atoms with Gasteiger partial charge in [0.05, 0.1) is 10.6 Å². The molecule has 9 nitrogen and oxygen atoms in total. The molecule has 0 heterocycles. The predicted octanol–water partition coefficient (Wildman–Crippen LogP) is 14.7. The number of halogens is 7. The third-order valence-corrected chi connectivity index (χ3v) is 12.0. The van der Waals surface area contributed by atoms with Gasteiger partial charge in [-0.3, -0.25) is 14.4 Å². The summed E-state index contributed by atoms with van der Waals surface area (Å²) in [5, 5.41) is 8.64. The van der Waals surface area contributed by atoms with E-state index < -0.39 is 29.2 Å². The van der Waals surface area contributed by atoms with Crippen molar-refractivity contribution in [1.82, 2.24) is 16.0 Å². The average Bonchev–Trinajstić information content (AvgIpc) is 3.49. The fraction of sp³-hybridized carbons (Fsp3) is 0.109. The minimum absolute atomic E-state index is 0.0830. The van der Waals surface area contributed by atoms with Crippen molar-refractivity contribution in [2.24, 2.45) is 0 Å². The van der Waals surface area contributed by atoms with E-state index in [1.165, 1.54) is 30.3 Å². The van der Waals surface area contributed by atoms with Crippen molar-refractivity contribution in [3.8, 4) is 17.2 Å². The highest BCUT2D eigenvalue weighted by atomic mass is 35.5. The maximum atomic E-state index is 13.4. The largest absolute Gasteiger partial charge is 0.489 e. The van der Waals surface area contributed by atoms with Crippen LogP contribution in [0.15, 0.2) is 224 Å². The zero-order valence-electron chi connectivity index (χ0n) is 42.7. The summed E-state index contributed by atoms with van der Waals surface area (Å²) >= 11 is 5.66. The van der Waals surface area contributed by atoms with E-state index in [1.807, 2.05) is 91.0 Å². The van der Waals surface area contributed by atoms with Crippen LogP contribution in [0, 0.1) is 17.5 Å². The van der Waals surface area contributed by atoms with Gasteiger partial charge in [-0.05, 0) is 143 Å². The van der Waals surface area contributed by atoms with Crippen LogP contribution in [0.1, 0.15) is 70.0 Å². The molecule has 0 atom stereocenters. The van der Waals surface area contributed by atoms with E-state index in [0.29, 0.717) is 70.3 Å². The Kier molecular flexibility index (Phi) is 21.5. The summed E-state index contributed by atoms with van der Waals surface area (Å²) in [6.07, 6.45) is -4.35. The molecule has 80 heavy (non-hydrogen) atoms. The van der Waals surface area contributed by atoms with Crippen molar-refractivity contribution in [3.63, 3.8) is 0 Å². The van der Waals surface area contributed by atoms with Gasteiger partial charge in [-0.25, -0.2) is 13.2 Å². The highest BCUT2D eigenvalue weighted by Crippen LogP contribution is 2.29. The molecule has 0 saturated carbocycles. The van der Waals surface area contributed by atoms with E-state index in [2.05, 4.69) is 16.0 Å². The molecular formula is C64H52ClF6N3O6. The van der Waals surface area contributed by atoms with Crippen molar-refractivity contribution in [1.29, 1.82) is 0 Å². The number of ether oxygens (including phenoxy) is 3. The number of carbonyl (C=O) groups excluding carboxylic acids is 3. The molecule has 9 rings (SSSR count). The molecule has 408 valence electrons. The van der Waals surface area contributed by atoms with Crippen LogP contribution in [0.3, 0.4) is 0 Å². The first-order valence-electron chi connectivity index (χ1n) is 24.8. The summed E-state index contributed by atoms with van der Waals surface area (Å²) < 4.78 is 93.9. The zero-order valence-corrected chi connectivity index (χ0v) is 43.5. The second-order valence-corrected chi connectivity index (χ2v) is 18.0. The molecule has 3 amide bonds. The van der Waals surface area contributed by atoms with Crippen LogP contribution in [0.2, 0.25) is 5.02 Å². The Hall–Kier alpha value is -9.34. The standard InChI is InChI=1S/C22H18F3NO2.C21H17ClFNO2.C21H17F2NO2/c23-22(24,25)19-10-6-17(7-11-19)15-28-20-12-8-18(9-13-20)21(27)26-14-16-4-2-1-3-5-16;2*22-19-11-6-16(12-20(19)23)14-26-18-9-7-17(8-10-18)21(25)24-13-15-4-2-1-3-5-15/h1-13H,14-15H2,(H,26,27);2*1-12H,13-14H2,(H,24,25). The number of nitrogens with one attached hydrogen (secondary N) is 3. The van der Waals surface area contributed by atoms with Gasteiger partial charge in [-0.2, -0.15) is 13.2 Å². The monoisotopic (exact) mass is 1110 g/mol. The summed E-state index contributed by atoms with van der Waals surface area (Å²) in [6.45, 7) is 1.82. The topological polar surface area (TPSA) is 115 Å². The Morgan fingerprint density at radius 2 is 0.688 bits per heavy atom. The average molecular weight is 1110 g/mol. The van der Waals surface area contributed by atoms with Crippen molar-refractivity contribution in [2.75, 3.05) is 0 Å². The molecule has 0 radical (unpaired) electrons. The second kappa shape index (κ2) is 29.4. The first-order chi connectivity index (χ1) is 38.6. The molecule has 3 N–H and O–H groups in total. The van der Waals surface area contributed by atoms with Crippen molar-refractivity contribution in [3.05, 3.63) is 303 Å². The SMILES string of the molecule is O=C(NCc1ccccc1)c1ccc(OCc2ccc(C(F)(F)F)cc2)cc1.O=C(NCc1ccccc1)c1ccc(OCc2ccc(Cl)c(F)c2)cc1.O=C(NCc1ccccc1)c1ccc(OCc2ccc(F)c(F)c2)cc1. The van der Waals surface area contributed by atoms with E-state index in [1.54, 1.807) is 78.9 Å². The lowest BCUT2D eigenvalue weighted by Gasteiger charge is -2.10. The van der Waals surface area contributed by atoms with Gasteiger partial charge in [-0.15, -0.1) is 0 Å². The minimum atomic E-state index is -4.35. The van der Waals surface area contributed by atoms with Gasteiger partial charge in [0.25, 0.3) is 17.7 Å². The van der Waals surface area contributed by atoms with Crippen LogP contribution in [-0.4, -0.2) is 17.7 Å². The number of benzene rings is 9. The Bertz CT molecular complexity index is 3240.